The monoisotopic (exact) mass is 266 g/mol. The molecule has 0 aliphatic carbocycles. The fourth-order valence-corrected chi connectivity index (χ4v) is 1.67. The Morgan fingerprint density at radius 2 is 1.95 bits per heavy atom. The molecule has 0 saturated heterocycles. The Morgan fingerprint density at radius 3 is 2.70 bits per heavy atom. The molecule has 0 heterocycles. The van der Waals surface area contributed by atoms with Crippen molar-refractivity contribution in [3.8, 4) is 11.8 Å². The predicted octanol–water partition coefficient (Wildman–Crippen LogP) is 2.97. The smallest absolute Gasteiger partial charge is 0.227 e. The van der Waals surface area contributed by atoms with Crippen LogP contribution in [0.1, 0.15) is 12.0 Å². The Morgan fingerprint density at radius 1 is 1.15 bits per heavy atom. The maximum absolute atomic E-state index is 11.7. The van der Waals surface area contributed by atoms with Crippen LogP contribution in [0.5, 0.6) is 5.75 Å². The van der Waals surface area contributed by atoms with Gasteiger partial charge in [-0.05, 0) is 30.3 Å². The Hall–Kier alpha value is -2.80. The van der Waals surface area contributed by atoms with Crippen LogP contribution >= 0.6 is 0 Å². The quantitative estimate of drug-likeness (QED) is 0.905. The van der Waals surface area contributed by atoms with Crippen LogP contribution in [0.25, 0.3) is 0 Å². The van der Waals surface area contributed by atoms with E-state index in [-0.39, 0.29) is 12.3 Å². The summed E-state index contributed by atoms with van der Waals surface area (Å²) in [6.45, 7) is 0.313. The van der Waals surface area contributed by atoms with Crippen molar-refractivity contribution in [2.24, 2.45) is 0 Å². The molecule has 0 fully saturated rings. The summed E-state index contributed by atoms with van der Waals surface area (Å²) in [5, 5.41) is 11.5. The van der Waals surface area contributed by atoms with Gasteiger partial charge in [0.1, 0.15) is 5.75 Å². The van der Waals surface area contributed by atoms with E-state index >= 15 is 0 Å². The highest BCUT2D eigenvalue weighted by Gasteiger charge is 2.03. The molecular formula is C16H14N2O2. The number of ether oxygens (including phenoxy) is 1. The molecule has 0 spiro atoms. The van der Waals surface area contributed by atoms with Crippen molar-refractivity contribution >= 4 is 11.6 Å². The van der Waals surface area contributed by atoms with E-state index in [1.807, 2.05) is 36.4 Å². The molecule has 2 aromatic rings. The van der Waals surface area contributed by atoms with Gasteiger partial charge < -0.3 is 10.1 Å². The van der Waals surface area contributed by atoms with Gasteiger partial charge in [0.15, 0.2) is 0 Å². The number of hydrogen-bond acceptors (Lipinski definition) is 3. The molecular weight excluding hydrogens is 252 g/mol. The minimum absolute atomic E-state index is 0.143. The molecule has 1 N–H and O–H groups in total. The predicted molar refractivity (Wildman–Crippen MR) is 76.3 cm³/mol. The van der Waals surface area contributed by atoms with Crippen LogP contribution in [0, 0.1) is 11.3 Å². The maximum Gasteiger partial charge on any atom is 0.227 e. The highest BCUT2D eigenvalue weighted by molar-refractivity contribution is 5.90. The van der Waals surface area contributed by atoms with E-state index in [1.165, 1.54) is 0 Å². The number of anilines is 1. The fourth-order valence-electron chi connectivity index (χ4n) is 1.67. The van der Waals surface area contributed by atoms with Gasteiger partial charge in [0.05, 0.1) is 24.7 Å². The van der Waals surface area contributed by atoms with Gasteiger partial charge in [0.25, 0.3) is 0 Å². The van der Waals surface area contributed by atoms with E-state index in [4.69, 9.17) is 10.00 Å². The lowest BCUT2D eigenvalue weighted by Crippen LogP contribution is -2.15. The van der Waals surface area contributed by atoms with Crippen LogP contribution in [0.4, 0.5) is 5.69 Å². The van der Waals surface area contributed by atoms with Crippen molar-refractivity contribution in [2.75, 3.05) is 11.9 Å². The molecule has 0 unspecified atom stereocenters. The van der Waals surface area contributed by atoms with Gasteiger partial charge in [0, 0.05) is 5.69 Å². The highest BCUT2D eigenvalue weighted by atomic mass is 16.5. The summed E-state index contributed by atoms with van der Waals surface area (Å²) >= 11 is 0. The average molecular weight is 266 g/mol. The number of para-hydroxylation sites is 1. The van der Waals surface area contributed by atoms with Crippen LogP contribution in [0.3, 0.4) is 0 Å². The number of rotatable bonds is 5. The molecule has 4 nitrogen and oxygen atoms in total. The second-order valence-corrected chi connectivity index (χ2v) is 4.15. The zero-order valence-corrected chi connectivity index (χ0v) is 10.9. The first-order valence-corrected chi connectivity index (χ1v) is 6.26. The first-order chi connectivity index (χ1) is 9.78. The summed E-state index contributed by atoms with van der Waals surface area (Å²) in [7, 11) is 0. The van der Waals surface area contributed by atoms with E-state index in [0.29, 0.717) is 17.9 Å². The number of nitrogens with one attached hydrogen (secondary N) is 1. The summed E-state index contributed by atoms with van der Waals surface area (Å²) in [4.78, 5) is 11.7. The first kappa shape index (κ1) is 13.6. The van der Waals surface area contributed by atoms with Gasteiger partial charge in [-0.25, -0.2) is 0 Å². The van der Waals surface area contributed by atoms with E-state index in [1.54, 1.807) is 24.3 Å². The minimum Gasteiger partial charge on any atom is -0.493 e. The van der Waals surface area contributed by atoms with Gasteiger partial charge in [-0.3, -0.25) is 4.79 Å². The Labute approximate surface area is 117 Å². The SMILES string of the molecule is N#Cc1cccc(NC(=O)CCOc2ccccc2)c1. The van der Waals surface area contributed by atoms with Gasteiger partial charge in [0.2, 0.25) is 5.91 Å². The van der Waals surface area contributed by atoms with Gasteiger partial charge >= 0.3 is 0 Å². The molecule has 0 radical (unpaired) electrons. The Kier molecular flexibility index (Phi) is 4.74. The molecule has 0 aliphatic rings. The van der Waals surface area contributed by atoms with Crippen LogP contribution in [0.15, 0.2) is 54.6 Å². The van der Waals surface area contributed by atoms with Crippen molar-refractivity contribution in [3.63, 3.8) is 0 Å². The first-order valence-electron chi connectivity index (χ1n) is 6.26. The lowest BCUT2D eigenvalue weighted by Gasteiger charge is -2.07. The maximum atomic E-state index is 11.7. The third-order valence-electron chi connectivity index (χ3n) is 2.62. The number of amides is 1. The minimum atomic E-state index is -0.143. The zero-order chi connectivity index (χ0) is 14.2. The summed E-state index contributed by atoms with van der Waals surface area (Å²) in [6.07, 6.45) is 0.256. The van der Waals surface area contributed by atoms with Crippen LogP contribution < -0.4 is 10.1 Å². The Bertz CT molecular complexity index is 618. The average Bonchev–Trinajstić information content (AvgIpc) is 2.48. The summed E-state index contributed by atoms with van der Waals surface area (Å²) in [5.41, 5.74) is 1.14. The summed E-state index contributed by atoms with van der Waals surface area (Å²) < 4.78 is 5.45. The van der Waals surface area contributed by atoms with E-state index in [9.17, 15) is 4.79 Å². The standard InChI is InChI=1S/C16H14N2O2/c17-12-13-5-4-6-14(11-13)18-16(19)9-10-20-15-7-2-1-3-8-15/h1-8,11H,9-10H2,(H,18,19). The lowest BCUT2D eigenvalue weighted by molar-refractivity contribution is -0.116. The fraction of sp³-hybridized carbons (Fsp3) is 0.125. The normalized spacial score (nSPS) is 9.55. The van der Waals surface area contributed by atoms with Crippen LogP contribution in [0.2, 0.25) is 0 Å². The number of nitrogens with zero attached hydrogens (tertiary/aromatic N) is 1. The van der Waals surface area contributed by atoms with Crippen LogP contribution in [-0.4, -0.2) is 12.5 Å². The number of carbonyl (C=O) groups is 1. The molecule has 100 valence electrons. The van der Waals surface area contributed by atoms with E-state index < -0.39 is 0 Å². The topological polar surface area (TPSA) is 62.1 Å². The van der Waals surface area contributed by atoms with Gasteiger partial charge in [-0.1, -0.05) is 24.3 Å². The molecule has 0 aliphatic heterocycles. The summed E-state index contributed by atoms with van der Waals surface area (Å²) in [5.74, 6) is 0.600. The second kappa shape index (κ2) is 6.95. The molecule has 2 aromatic carbocycles. The van der Waals surface area contributed by atoms with Crippen LogP contribution in [-0.2, 0) is 4.79 Å². The molecule has 1 amide bonds. The number of nitriles is 1. The Balaban J connectivity index is 1.79. The number of benzene rings is 2. The van der Waals surface area contributed by atoms with Crippen molar-refractivity contribution in [1.29, 1.82) is 5.26 Å². The van der Waals surface area contributed by atoms with Crippen molar-refractivity contribution in [3.05, 3.63) is 60.2 Å². The van der Waals surface area contributed by atoms with Crippen molar-refractivity contribution in [1.82, 2.24) is 0 Å². The molecule has 0 atom stereocenters. The molecule has 2 rings (SSSR count). The van der Waals surface area contributed by atoms with Gasteiger partial charge in [-0.2, -0.15) is 5.26 Å². The van der Waals surface area contributed by atoms with E-state index in [2.05, 4.69) is 5.32 Å². The van der Waals surface area contributed by atoms with Gasteiger partial charge in [-0.15, -0.1) is 0 Å². The highest BCUT2D eigenvalue weighted by Crippen LogP contribution is 2.11. The second-order valence-electron chi connectivity index (χ2n) is 4.15. The third-order valence-corrected chi connectivity index (χ3v) is 2.62. The third kappa shape index (κ3) is 4.14. The molecule has 4 heteroatoms. The zero-order valence-electron chi connectivity index (χ0n) is 10.9. The lowest BCUT2D eigenvalue weighted by atomic mass is 10.2. The largest absolute Gasteiger partial charge is 0.493 e. The molecule has 20 heavy (non-hydrogen) atoms. The van der Waals surface area contributed by atoms with E-state index in [0.717, 1.165) is 5.75 Å². The number of hydrogen-bond donors (Lipinski definition) is 1. The molecule has 0 bridgehead atoms. The summed E-state index contributed by atoms with van der Waals surface area (Å²) in [6, 6.07) is 18.2. The van der Waals surface area contributed by atoms with Crippen molar-refractivity contribution in [2.45, 2.75) is 6.42 Å². The van der Waals surface area contributed by atoms with Crippen molar-refractivity contribution < 1.29 is 9.53 Å². The molecule has 0 saturated carbocycles. The number of carbonyl (C=O) groups excluding carboxylic acids is 1. The molecule has 0 aromatic heterocycles.